The summed E-state index contributed by atoms with van der Waals surface area (Å²) in [6.45, 7) is 4.26. The average molecular weight is 327 g/mol. The highest BCUT2D eigenvalue weighted by Gasteiger charge is 2.23. The van der Waals surface area contributed by atoms with Gasteiger partial charge in [0.2, 0.25) is 0 Å². The van der Waals surface area contributed by atoms with Crippen LogP contribution in [0, 0.1) is 0 Å². The molecule has 1 aromatic heterocycles. The minimum absolute atomic E-state index is 0.197. The molecule has 1 amide bonds. The zero-order valence-electron chi connectivity index (χ0n) is 13.5. The second-order valence-corrected chi connectivity index (χ2v) is 5.71. The number of nitrogens with one attached hydrogen (secondary N) is 1. The van der Waals surface area contributed by atoms with Gasteiger partial charge in [-0.1, -0.05) is 18.2 Å². The molecule has 1 saturated heterocycles. The van der Waals surface area contributed by atoms with Gasteiger partial charge < -0.3 is 14.6 Å². The Morgan fingerprint density at radius 2 is 1.79 bits per heavy atom. The van der Waals surface area contributed by atoms with Gasteiger partial charge in [-0.2, -0.15) is 0 Å². The fraction of sp³-hybridized carbons (Fsp3) is 0.333. The first-order chi connectivity index (χ1) is 11.7. The van der Waals surface area contributed by atoms with Gasteiger partial charge >= 0.3 is 0 Å². The monoisotopic (exact) mass is 327 g/mol. The van der Waals surface area contributed by atoms with Crippen LogP contribution < -0.4 is 10.3 Å². The van der Waals surface area contributed by atoms with Crippen molar-refractivity contribution in [1.82, 2.24) is 14.8 Å². The molecule has 6 nitrogen and oxygen atoms in total. The maximum absolute atomic E-state index is 12.4. The number of nitrogens with zero attached hydrogens (tertiary/aromatic N) is 2. The number of benzene rings is 1. The van der Waals surface area contributed by atoms with E-state index in [0.29, 0.717) is 19.7 Å². The number of rotatable bonds is 5. The summed E-state index contributed by atoms with van der Waals surface area (Å²) < 4.78 is 5.70. The number of aromatic amines is 1. The number of aromatic nitrogens is 1. The van der Waals surface area contributed by atoms with Gasteiger partial charge in [0.25, 0.3) is 11.5 Å². The number of H-pyrrole nitrogens is 1. The van der Waals surface area contributed by atoms with Crippen LogP contribution in [0.1, 0.15) is 10.4 Å². The van der Waals surface area contributed by atoms with E-state index in [4.69, 9.17) is 4.74 Å². The smallest absolute Gasteiger partial charge is 0.260 e. The van der Waals surface area contributed by atoms with Gasteiger partial charge in [-0.25, -0.2) is 0 Å². The van der Waals surface area contributed by atoms with Crippen molar-refractivity contribution in [2.24, 2.45) is 0 Å². The lowest BCUT2D eigenvalue weighted by molar-refractivity contribution is 0.0618. The van der Waals surface area contributed by atoms with E-state index in [9.17, 15) is 9.59 Å². The van der Waals surface area contributed by atoms with Crippen molar-refractivity contribution in [3.8, 4) is 5.75 Å². The summed E-state index contributed by atoms with van der Waals surface area (Å²) in [5.41, 5.74) is -0.125. The van der Waals surface area contributed by atoms with Gasteiger partial charge in [-0.3, -0.25) is 14.5 Å². The molecule has 1 fully saturated rings. The Balaban J connectivity index is 1.45. The standard InChI is InChI=1S/C18H21N3O3/c22-17-16(7-4-8-19-17)18(23)21-11-9-20(10-12-21)13-14-24-15-5-2-1-3-6-15/h1-8H,9-14H2,(H,19,22). The molecule has 6 heteroatoms. The third-order valence-electron chi connectivity index (χ3n) is 4.13. The lowest BCUT2D eigenvalue weighted by Crippen LogP contribution is -2.50. The predicted octanol–water partition coefficient (Wildman–Crippen LogP) is 1.21. The van der Waals surface area contributed by atoms with Crippen LogP contribution in [0.25, 0.3) is 0 Å². The Kier molecular flexibility index (Phi) is 5.28. The normalized spacial score (nSPS) is 15.2. The predicted molar refractivity (Wildman–Crippen MR) is 91.3 cm³/mol. The van der Waals surface area contributed by atoms with Gasteiger partial charge in [0, 0.05) is 38.9 Å². The second kappa shape index (κ2) is 7.79. The number of hydrogen-bond acceptors (Lipinski definition) is 4. The summed E-state index contributed by atoms with van der Waals surface area (Å²) in [6.07, 6.45) is 1.53. The van der Waals surface area contributed by atoms with E-state index in [1.807, 2.05) is 30.3 Å². The van der Waals surface area contributed by atoms with Gasteiger partial charge in [0.05, 0.1) is 0 Å². The molecule has 0 aliphatic carbocycles. The fourth-order valence-electron chi connectivity index (χ4n) is 2.74. The van der Waals surface area contributed by atoms with E-state index in [2.05, 4.69) is 9.88 Å². The van der Waals surface area contributed by atoms with E-state index in [0.717, 1.165) is 25.4 Å². The summed E-state index contributed by atoms with van der Waals surface area (Å²) in [5.74, 6) is 0.673. The number of carbonyl (C=O) groups excluding carboxylic acids is 1. The van der Waals surface area contributed by atoms with Crippen LogP contribution in [0.15, 0.2) is 53.5 Å². The molecule has 126 valence electrons. The van der Waals surface area contributed by atoms with Crippen LogP contribution >= 0.6 is 0 Å². The van der Waals surface area contributed by atoms with Gasteiger partial charge in [0.15, 0.2) is 0 Å². The first-order valence-corrected chi connectivity index (χ1v) is 8.11. The van der Waals surface area contributed by atoms with E-state index in [-0.39, 0.29) is 17.0 Å². The van der Waals surface area contributed by atoms with E-state index in [1.54, 1.807) is 17.0 Å². The lowest BCUT2D eigenvalue weighted by Gasteiger charge is -2.34. The molecule has 3 rings (SSSR count). The Morgan fingerprint density at radius 3 is 2.50 bits per heavy atom. The number of para-hydroxylation sites is 1. The van der Waals surface area contributed by atoms with Crippen LogP contribution in [-0.2, 0) is 0 Å². The van der Waals surface area contributed by atoms with Crippen LogP contribution in [0.4, 0.5) is 0 Å². The lowest BCUT2D eigenvalue weighted by atomic mass is 10.2. The van der Waals surface area contributed by atoms with Crippen molar-refractivity contribution >= 4 is 5.91 Å². The minimum atomic E-state index is -0.332. The molecule has 2 heterocycles. The Morgan fingerprint density at radius 1 is 1.04 bits per heavy atom. The SMILES string of the molecule is O=C(c1ccc[nH]c1=O)N1CCN(CCOc2ccccc2)CC1. The first kappa shape index (κ1) is 16.3. The molecule has 0 bridgehead atoms. The van der Waals surface area contributed by atoms with Gasteiger partial charge in [-0.05, 0) is 24.3 Å². The minimum Gasteiger partial charge on any atom is -0.492 e. The molecule has 1 N–H and O–H groups in total. The van der Waals surface area contributed by atoms with Crippen LogP contribution in [-0.4, -0.2) is 60.0 Å². The molecular formula is C18H21N3O3. The molecule has 24 heavy (non-hydrogen) atoms. The summed E-state index contributed by atoms with van der Waals surface area (Å²) >= 11 is 0. The molecule has 1 aliphatic heterocycles. The molecule has 0 atom stereocenters. The zero-order chi connectivity index (χ0) is 16.8. The van der Waals surface area contributed by atoms with Crippen LogP contribution in [0.2, 0.25) is 0 Å². The number of ether oxygens (including phenoxy) is 1. The summed E-state index contributed by atoms with van der Waals surface area (Å²) in [5, 5.41) is 0. The molecule has 0 unspecified atom stereocenters. The third-order valence-corrected chi connectivity index (χ3v) is 4.13. The second-order valence-electron chi connectivity index (χ2n) is 5.71. The number of amides is 1. The van der Waals surface area contributed by atoms with Crippen molar-refractivity contribution in [3.05, 3.63) is 64.6 Å². The van der Waals surface area contributed by atoms with Crippen molar-refractivity contribution < 1.29 is 9.53 Å². The van der Waals surface area contributed by atoms with Gasteiger partial charge in [-0.15, -0.1) is 0 Å². The molecule has 0 radical (unpaired) electrons. The number of piperazine rings is 1. The Hall–Kier alpha value is -2.60. The number of hydrogen-bond donors (Lipinski definition) is 1. The summed E-state index contributed by atoms with van der Waals surface area (Å²) in [6, 6.07) is 13.0. The Bertz CT molecular complexity index is 722. The van der Waals surface area contributed by atoms with E-state index >= 15 is 0 Å². The van der Waals surface area contributed by atoms with Crippen LogP contribution in [0.3, 0.4) is 0 Å². The maximum atomic E-state index is 12.4. The summed E-state index contributed by atoms with van der Waals surface area (Å²) in [7, 11) is 0. The third kappa shape index (κ3) is 4.02. The molecule has 1 aliphatic rings. The molecular weight excluding hydrogens is 306 g/mol. The van der Waals surface area contributed by atoms with Gasteiger partial charge in [0.1, 0.15) is 17.9 Å². The highest BCUT2D eigenvalue weighted by atomic mass is 16.5. The van der Waals surface area contributed by atoms with Crippen molar-refractivity contribution in [1.29, 1.82) is 0 Å². The topological polar surface area (TPSA) is 65.6 Å². The summed E-state index contributed by atoms with van der Waals surface area (Å²) in [4.78, 5) is 30.6. The van der Waals surface area contributed by atoms with Crippen LogP contribution in [0.5, 0.6) is 5.75 Å². The number of pyridine rings is 1. The van der Waals surface area contributed by atoms with E-state index in [1.165, 1.54) is 6.20 Å². The van der Waals surface area contributed by atoms with E-state index < -0.39 is 0 Å². The van der Waals surface area contributed by atoms with Crippen molar-refractivity contribution in [2.45, 2.75) is 0 Å². The zero-order valence-corrected chi connectivity index (χ0v) is 13.5. The highest BCUT2D eigenvalue weighted by molar-refractivity contribution is 5.93. The number of carbonyl (C=O) groups is 1. The quantitative estimate of drug-likeness (QED) is 0.896. The molecule has 2 aromatic rings. The van der Waals surface area contributed by atoms with Crippen molar-refractivity contribution in [3.63, 3.8) is 0 Å². The molecule has 0 spiro atoms. The van der Waals surface area contributed by atoms with Crippen molar-refractivity contribution in [2.75, 3.05) is 39.3 Å². The highest BCUT2D eigenvalue weighted by Crippen LogP contribution is 2.09. The first-order valence-electron chi connectivity index (χ1n) is 8.11. The fourth-order valence-corrected chi connectivity index (χ4v) is 2.74. The molecule has 1 aromatic carbocycles. The molecule has 0 saturated carbocycles. The largest absolute Gasteiger partial charge is 0.492 e. The maximum Gasteiger partial charge on any atom is 0.260 e. The Labute approximate surface area is 140 Å². The average Bonchev–Trinajstić information content (AvgIpc) is 2.63.